The van der Waals surface area contributed by atoms with Crippen molar-refractivity contribution in [2.45, 2.75) is 0 Å². The van der Waals surface area contributed by atoms with Gasteiger partial charge in [0, 0.05) is 26.2 Å². The maximum atomic E-state index is 12.6. The molecule has 1 N–H and O–H groups in total. The fourth-order valence-electron chi connectivity index (χ4n) is 2.72. The van der Waals surface area contributed by atoms with Crippen LogP contribution in [0.3, 0.4) is 0 Å². The molecule has 2 aromatic rings. The molecule has 0 radical (unpaired) electrons. The second kappa shape index (κ2) is 6.69. The van der Waals surface area contributed by atoms with Crippen LogP contribution in [0.4, 0.5) is 5.69 Å². The number of nitrogens with zero attached hydrogens (tertiary/aromatic N) is 2. The van der Waals surface area contributed by atoms with E-state index in [0.29, 0.717) is 41.8 Å². The minimum Gasteiger partial charge on any atom is -0.506 e. The van der Waals surface area contributed by atoms with Crippen molar-refractivity contribution in [1.29, 1.82) is 0 Å². The molecule has 3 rings (SSSR count). The van der Waals surface area contributed by atoms with Crippen LogP contribution in [0.5, 0.6) is 5.75 Å². The Kier molecular flexibility index (Phi) is 4.64. The van der Waals surface area contributed by atoms with E-state index in [0.717, 1.165) is 5.69 Å². The Morgan fingerprint density at radius 2 is 1.65 bits per heavy atom. The van der Waals surface area contributed by atoms with Crippen molar-refractivity contribution >= 4 is 34.8 Å². The number of para-hydroxylation sites is 2. The van der Waals surface area contributed by atoms with Crippen LogP contribution in [0.25, 0.3) is 0 Å². The summed E-state index contributed by atoms with van der Waals surface area (Å²) in [5.41, 5.74) is 1.22. The molecule has 6 heteroatoms. The molecule has 1 aliphatic heterocycles. The van der Waals surface area contributed by atoms with E-state index in [2.05, 4.69) is 4.90 Å². The van der Waals surface area contributed by atoms with Gasteiger partial charge >= 0.3 is 0 Å². The van der Waals surface area contributed by atoms with Crippen molar-refractivity contribution in [3.63, 3.8) is 0 Å². The van der Waals surface area contributed by atoms with Crippen molar-refractivity contribution in [2.24, 2.45) is 0 Å². The highest BCUT2D eigenvalue weighted by Gasteiger charge is 2.25. The molecule has 0 bridgehead atoms. The smallest absolute Gasteiger partial charge is 0.255 e. The normalized spacial score (nSPS) is 14.9. The third kappa shape index (κ3) is 3.23. The minimum atomic E-state index is -0.116. The minimum absolute atomic E-state index is 0.116. The molecule has 1 aliphatic rings. The number of phenolic OH excluding ortho intramolecular Hbond substituents is 1. The number of amides is 1. The van der Waals surface area contributed by atoms with Gasteiger partial charge in [0.15, 0.2) is 0 Å². The zero-order chi connectivity index (χ0) is 16.4. The van der Waals surface area contributed by atoms with Crippen LogP contribution in [0.15, 0.2) is 42.5 Å². The van der Waals surface area contributed by atoms with E-state index in [-0.39, 0.29) is 11.7 Å². The maximum absolute atomic E-state index is 12.6. The molecule has 4 nitrogen and oxygen atoms in total. The van der Waals surface area contributed by atoms with E-state index in [4.69, 9.17) is 23.2 Å². The lowest BCUT2D eigenvalue weighted by Crippen LogP contribution is -2.48. The summed E-state index contributed by atoms with van der Waals surface area (Å²) in [6.07, 6.45) is 0. The molecule has 0 aromatic heterocycles. The second-order valence-corrected chi connectivity index (χ2v) is 6.15. The Hall–Kier alpha value is -1.91. The number of hydrogen-bond acceptors (Lipinski definition) is 3. The summed E-state index contributed by atoms with van der Waals surface area (Å²) in [5.74, 6) is 0.139. The summed E-state index contributed by atoms with van der Waals surface area (Å²) in [7, 11) is 0. The molecule has 2 aromatic carbocycles. The summed E-state index contributed by atoms with van der Waals surface area (Å²) in [4.78, 5) is 16.4. The fourth-order valence-corrected chi connectivity index (χ4v) is 3.10. The topological polar surface area (TPSA) is 43.8 Å². The number of piperazine rings is 1. The van der Waals surface area contributed by atoms with Gasteiger partial charge in [-0.2, -0.15) is 0 Å². The molecule has 1 saturated heterocycles. The standard InChI is InChI=1S/C17H16Cl2N2O2/c18-13-5-3-4-12(16(13)19)17(23)21-10-8-20(9-11-21)14-6-1-2-7-15(14)22/h1-7,22H,8-11H2. The third-order valence-electron chi connectivity index (χ3n) is 3.97. The van der Waals surface area contributed by atoms with E-state index in [9.17, 15) is 9.90 Å². The Balaban J connectivity index is 1.71. The van der Waals surface area contributed by atoms with E-state index in [1.54, 1.807) is 35.2 Å². The predicted molar refractivity (Wildman–Crippen MR) is 92.7 cm³/mol. The highest BCUT2D eigenvalue weighted by Crippen LogP contribution is 2.29. The predicted octanol–water partition coefficient (Wildman–Crippen LogP) is 3.66. The van der Waals surface area contributed by atoms with E-state index in [1.807, 2.05) is 12.1 Å². The Morgan fingerprint density at radius 3 is 2.35 bits per heavy atom. The van der Waals surface area contributed by atoms with Gasteiger partial charge in [0.2, 0.25) is 0 Å². The van der Waals surface area contributed by atoms with Gasteiger partial charge in [0.1, 0.15) is 5.75 Å². The highest BCUT2D eigenvalue weighted by molar-refractivity contribution is 6.43. The van der Waals surface area contributed by atoms with Crippen LogP contribution >= 0.6 is 23.2 Å². The van der Waals surface area contributed by atoms with Crippen molar-refractivity contribution in [2.75, 3.05) is 31.1 Å². The second-order valence-electron chi connectivity index (χ2n) is 5.37. The zero-order valence-electron chi connectivity index (χ0n) is 12.4. The van der Waals surface area contributed by atoms with Crippen LogP contribution in [0.1, 0.15) is 10.4 Å². The fraction of sp³-hybridized carbons (Fsp3) is 0.235. The van der Waals surface area contributed by atoms with Crippen molar-refractivity contribution in [3.05, 3.63) is 58.1 Å². The first-order valence-electron chi connectivity index (χ1n) is 7.34. The number of carbonyl (C=O) groups excluding carboxylic acids is 1. The van der Waals surface area contributed by atoms with Crippen LogP contribution < -0.4 is 4.90 Å². The number of benzene rings is 2. The highest BCUT2D eigenvalue weighted by atomic mass is 35.5. The van der Waals surface area contributed by atoms with Gasteiger partial charge in [-0.3, -0.25) is 4.79 Å². The van der Waals surface area contributed by atoms with E-state index >= 15 is 0 Å². The summed E-state index contributed by atoms with van der Waals surface area (Å²) >= 11 is 12.1. The number of carbonyl (C=O) groups is 1. The van der Waals surface area contributed by atoms with Crippen LogP contribution in [-0.4, -0.2) is 42.1 Å². The molecule has 1 amide bonds. The van der Waals surface area contributed by atoms with Crippen molar-refractivity contribution < 1.29 is 9.90 Å². The Bertz CT molecular complexity index is 728. The van der Waals surface area contributed by atoms with Gasteiger partial charge < -0.3 is 14.9 Å². The first-order chi connectivity index (χ1) is 11.1. The summed E-state index contributed by atoms with van der Waals surface area (Å²) in [6, 6.07) is 12.3. The number of aromatic hydroxyl groups is 1. The van der Waals surface area contributed by atoms with Gasteiger partial charge in [-0.25, -0.2) is 0 Å². The van der Waals surface area contributed by atoms with Crippen molar-refractivity contribution in [1.82, 2.24) is 4.90 Å². The lowest BCUT2D eigenvalue weighted by Gasteiger charge is -2.36. The van der Waals surface area contributed by atoms with Gasteiger partial charge in [-0.1, -0.05) is 41.4 Å². The first kappa shape index (κ1) is 16.0. The molecule has 0 spiro atoms. The quantitative estimate of drug-likeness (QED) is 0.898. The third-order valence-corrected chi connectivity index (χ3v) is 4.79. The van der Waals surface area contributed by atoms with E-state index < -0.39 is 0 Å². The van der Waals surface area contributed by atoms with Crippen LogP contribution in [-0.2, 0) is 0 Å². The van der Waals surface area contributed by atoms with Crippen molar-refractivity contribution in [3.8, 4) is 5.75 Å². The van der Waals surface area contributed by atoms with Gasteiger partial charge in [-0.05, 0) is 24.3 Å². The maximum Gasteiger partial charge on any atom is 0.255 e. The number of halogens is 2. The molecule has 0 saturated carbocycles. The molecular formula is C17H16Cl2N2O2. The zero-order valence-corrected chi connectivity index (χ0v) is 13.9. The lowest BCUT2D eigenvalue weighted by molar-refractivity contribution is 0.0747. The van der Waals surface area contributed by atoms with Gasteiger partial charge in [-0.15, -0.1) is 0 Å². The SMILES string of the molecule is O=C(c1cccc(Cl)c1Cl)N1CCN(c2ccccc2O)CC1. The van der Waals surface area contributed by atoms with Crippen LogP contribution in [0, 0.1) is 0 Å². The Morgan fingerprint density at radius 1 is 0.957 bits per heavy atom. The molecule has 1 fully saturated rings. The summed E-state index contributed by atoms with van der Waals surface area (Å²) in [6.45, 7) is 2.44. The lowest BCUT2D eigenvalue weighted by atomic mass is 10.1. The molecule has 0 atom stereocenters. The summed E-state index contributed by atoms with van der Waals surface area (Å²) < 4.78 is 0. The molecule has 23 heavy (non-hydrogen) atoms. The number of hydrogen-bond donors (Lipinski definition) is 1. The monoisotopic (exact) mass is 350 g/mol. The largest absolute Gasteiger partial charge is 0.506 e. The number of rotatable bonds is 2. The summed E-state index contributed by atoms with van der Waals surface area (Å²) in [5, 5.41) is 10.6. The first-order valence-corrected chi connectivity index (χ1v) is 8.10. The van der Waals surface area contributed by atoms with Gasteiger partial charge in [0.05, 0.1) is 21.3 Å². The number of anilines is 1. The molecule has 0 aliphatic carbocycles. The van der Waals surface area contributed by atoms with Gasteiger partial charge in [0.25, 0.3) is 5.91 Å². The number of phenols is 1. The average molecular weight is 351 g/mol. The Labute approximate surface area is 144 Å². The molecule has 120 valence electrons. The average Bonchev–Trinajstić information content (AvgIpc) is 2.57. The van der Waals surface area contributed by atoms with E-state index in [1.165, 1.54) is 0 Å². The molecule has 1 heterocycles. The van der Waals surface area contributed by atoms with Crippen LogP contribution in [0.2, 0.25) is 10.0 Å². The molecule has 0 unspecified atom stereocenters. The molecular weight excluding hydrogens is 335 g/mol.